The van der Waals surface area contributed by atoms with Crippen molar-refractivity contribution in [2.45, 2.75) is 37.4 Å². The van der Waals surface area contributed by atoms with E-state index in [4.69, 9.17) is 10.5 Å². The molecule has 2 bridgehead atoms. The number of fused-ring (bicyclic) bond motifs is 2. The Hall–Kier alpha value is -1.10. The second-order valence-electron chi connectivity index (χ2n) is 6.36. The molecular formula is C17H27N3O. The van der Waals surface area contributed by atoms with Crippen LogP contribution in [0.1, 0.15) is 30.9 Å². The molecule has 2 N–H and O–H groups in total. The van der Waals surface area contributed by atoms with E-state index >= 15 is 0 Å². The molecule has 4 heteroatoms. The van der Waals surface area contributed by atoms with E-state index in [2.05, 4.69) is 29.0 Å². The molecule has 3 rings (SSSR count). The first-order valence-electron chi connectivity index (χ1n) is 8.03. The molecule has 2 fully saturated rings. The number of ether oxygens (including phenoxy) is 1. The van der Waals surface area contributed by atoms with Gasteiger partial charge in [0.15, 0.2) is 0 Å². The van der Waals surface area contributed by atoms with Crippen molar-refractivity contribution in [2.75, 3.05) is 33.8 Å². The third kappa shape index (κ3) is 2.93. The van der Waals surface area contributed by atoms with Crippen molar-refractivity contribution in [3.8, 4) is 5.75 Å². The van der Waals surface area contributed by atoms with E-state index in [0.29, 0.717) is 18.6 Å². The van der Waals surface area contributed by atoms with E-state index in [1.54, 1.807) is 7.11 Å². The molecule has 1 aromatic carbocycles. The van der Waals surface area contributed by atoms with Crippen LogP contribution in [0.15, 0.2) is 24.3 Å². The van der Waals surface area contributed by atoms with Crippen LogP contribution in [-0.4, -0.2) is 55.7 Å². The first kappa shape index (κ1) is 14.8. The Labute approximate surface area is 127 Å². The predicted molar refractivity (Wildman–Crippen MR) is 85.6 cm³/mol. The van der Waals surface area contributed by atoms with Gasteiger partial charge in [0.25, 0.3) is 0 Å². The molecule has 116 valence electrons. The fourth-order valence-electron chi connectivity index (χ4n) is 3.94. The van der Waals surface area contributed by atoms with Gasteiger partial charge in [-0.25, -0.2) is 0 Å². The molecule has 0 amide bonds. The summed E-state index contributed by atoms with van der Waals surface area (Å²) in [5.41, 5.74) is 7.41. The molecule has 21 heavy (non-hydrogen) atoms. The number of nitrogens with two attached hydrogens (primary N) is 1. The van der Waals surface area contributed by atoms with Crippen LogP contribution in [0.5, 0.6) is 5.75 Å². The van der Waals surface area contributed by atoms with E-state index in [1.807, 2.05) is 12.1 Å². The molecule has 0 aromatic heterocycles. The second kappa shape index (κ2) is 6.34. The van der Waals surface area contributed by atoms with Crippen LogP contribution < -0.4 is 10.5 Å². The molecule has 2 heterocycles. The standard InChI is InChI=1S/C17H27N3O/c1-19-14-5-6-15(19)12-20(10-9-14)17(11-18)13-3-7-16(21-2)8-4-13/h3-4,7-8,14-15,17H,5-6,9-12,18H2,1-2H3. The number of benzene rings is 1. The first-order valence-corrected chi connectivity index (χ1v) is 8.03. The number of hydrogen-bond donors (Lipinski definition) is 1. The highest BCUT2D eigenvalue weighted by Crippen LogP contribution is 2.32. The largest absolute Gasteiger partial charge is 0.497 e. The summed E-state index contributed by atoms with van der Waals surface area (Å²) < 4.78 is 5.25. The minimum atomic E-state index is 0.323. The van der Waals surface area contributed by atoms with Gasteiger partial charge in [-0.15, -0.1) is 0 Å². The number of methoxy groups -OCH3 is 1. The van der Waals surface area contributed by atoms with Gasteiger partial charge in [-0.05, 0) is 44.0 Å². The van der Waals surface area contributed by atoms with Gasteiger partial charge in [0.2, 0.25) is 0 Å². The van der Waals surface area contributed by atoms with E-state index < -0.39 is 0 Å². The second-order valence-corrected chi connectivity index (χ2v) is 6.36. The summed E-state index contributed by atoms with van der Waals surface area (Å²) in [7, 11) is 3.99. The molecular weight excluding hydrogens is 262 g/mol. The molecule has 3 unspecified atom stereocenters. The summed E-state index contributed by atoms with van der Waals surface area (Å²) in [5, 5.41) is 0. The zero-order valence-electron chi connectivity index (χ0n) is 13.2. The predicted octanol–water partition coefficient (Wildman–Crippen LogP) is 1.86. The SMILES string of the molecule is COc1ccc(C(CN)N2CCC3CCC(C2)N3C)cc1. The van der Waals surface area contributed by atoms with Crippen molar-refractivity contribution in [2.24, 2.45) is 5.73 Å². The van der Waals surface area contributed by atoms with Crippen LogP contribution in [0.2, 0.25) is 0 Å². The first-order chi connectivity index (χ1) is 10.2. The van der Waals surface area contributed by atoms with Crippen molar-refractivity contribution >= 4 is 0 Å². The van der Waals surface area contributed by atoms with Gasteiger partial charge in [0, 0.05) is 37.8 Å². The number of hydrogen-bond acceptors (Lipinski definition) is 4. The summed E-state index contributed by atoms with van der Waals surface area (Å²) in [5.74, 6) is 0.907. The Morgan fingerprint density at radius 3 is 2.57 bits per heavy atom. The third-order valence-corrected chi connectivity index (χ3v) is 5.34. The smallest absolute Gasteiger partial charge is 0.118 e. The fraction of sp³-hybridized carbons (Fsp3) is 0.647. The number of likely N-dealkylation sites (tertiary alicyclic amines) is 1. The quantitative estimate of drug-likeness (QED) is 0.919. The van der Waals surface area contributed by atoms with Crippen molar-refractivity contribution in [1.29, 1.82) is 0 Å². The lowest BCUT2D eigenvalue weighted by Gasteiger charge is -2.33. The van der Waals surface area contributed by atoms with Crippen LogP contribution in [-0.2, 0) is 0 Å². The van der Waals surface area contributed by atoms with E-state index in [9.17, 15) is 0 Å². The van der Waals surface area contributed by atoms with Crippen molar-refractivity contribution < 1.29 is 4.74 Å². The van der Waals surface area contributed by atoms with Crippen LogP contribution in [0.4, 0.5) is 0 Å². The summed E-state index contributed by atoms with van der Waals surface area (Å²) >= 11 is 0. The van der Waals surface area contributed by atoms with Gasteiger partial charge in [-0.3, -0.25) is 9.80 Å². The highest BCUT2D eigenvalue weighted by atomic mass is 16.5. The lowest BCUT2D eigenvalue weighted by Crippen LogP contribution is -2.40. The Morgan fingerprint density at radius 2 is 1.90 bits per heavy atom. The summed E-state index contributed by atoms with van der Waals surface area (Å²) in [4.78, 5) is 5.17. The Kier molecular flexibility index (Phi) is 4.48. The lowest BCUT2D eigenvalue weighted by molar-refractivity contribution is 0.175. The van der Waals surface area contributed by atoms with Gasteiger partial charge < -0.3 is 10.5 Å². The Morgan fingerprint density at radius 1 is 1.19 bits per heavy atom. The summed E-state index contributed by atoms with van der Waals surface area (Å²) in [6.07, 6.45) is 3.96. The molecule has 0 spiro atoms. The monoisotopic (exact) mass is 289 g/mol. The van der Waals surface area contributed by atoms with E-state index in [1.165, 1.54) is 24.8 Å². The summed E-state index contributed by atoms with van der Waals surface area (Å²) in [6.45, 7) is 2.97. The molecule has 3 atom stereocenters. The lowest BCUT2D eigenvalue weighted by atomic mass is 10.0. The van der Waals surface area contributed by atoms with Gasteiger partial charge in [0.05, 0.1) is 7.11 Å². The molecule has 0 aliphatic carbocycles. The average molecular weight is 289 g/mol. The molecule has 2 saturated heterocycles. The van der Waals surface area contributed by atoms with Gasteiger partial charge in [-0.1, -0.05) is 12.1 Å². The Balaban J connectivity index is 1.76. The fourth-order valence-corrected chi connectivity index (χ4v) is 3.94. The topological polar surface area (TPSA) is 41.7 Å². The van der Waals surface area contributed by atoms with Crippen molar-refractivity contribution in [3.63, 3.8) is 0 Å². The molecule has 2 aliphatic heterocycles. The van der Waals surface area contributed by atoms with Gasteiger partial charge in [-0.2, -0.15) is 0 Å². The third-order valence-electron chi connectivity index (χ3n) is 5.34. The van der Waals surface area contributed by atoms with Crippen LogP contribution in [0.3, 0.4) is 0 Å². The molecule has 1 aromatic rings. The maximum Gasteiger partial charge on any atom is 0.118 e. The maximum absolute atomic E-state index is 6.10. The van der Waals surface area contributed by atoms with Crippen LogP contribution in [0.25, 0.3) is 0 Å². The molecule has 4 nitrogen and oxygen atoms in total. The maximum atomic E-state index is 6.10. The zero-order chi connectivity index (χ0) is 14.8. The van der Waals surface area contributed by atoms with Gasteiger partial charge >= 0.3 is 0 Å². The number of likely N-dealkylation sites (N-methyl/N-ethyl adjacent to an activating group) is 1. The van der Waals surface area contributed by atoms with Crippen LogP contribution in [0, 0.1) is 0 Å². The zero-order valence-corrected chi connectivity index (χ0v) is 13.2. The highest BCUT2D eigenvalue weighted by Gasteiger charge is 2.36. The van der Waals surface area contributed by atoms with Gasteiger partial charge in [0.1, 0.15) is 5.75 Å². The summed E-state index contributed by atoms with van der Waals surface area (Å²) in [6, 6.07) is 10.2. The molecule has 2 aliphatic rings. The average Bonchev–Trinajstić information content (AvgIpc) is 2.76. The van der Waals surface area contributed by atoms with Crippen molar-refractivity contribution in [1.82, 2.24) is 9.80 Å². The van der Waals surface area contributed by atoms with E-state index in [0.717, 1.165) is 24.9 Å². The highest BCUT2D eigenvalue weighted by molar-refractivity contribution is 5.29. The normalized spacial score (nSPS) is 28.3. The van der Waals surface area contributed by atoms with Crippen LogP contribution >= 0.6 is 0 Å². The van der Waals surface area contributed by atoms with Crippen molar-refractivity contribution in [3.05, 3.63) is 29.8 Å². The molecule has 0 radical (unpaired) electrons. The number of nitrogens with zero attached hydrogens (tertiary/aromatic N) is 2. The minimum absolute atomic E-state index is 0.323. The minimum Gasteiger partial charge on any atom is -0.497 e. The Bertz CT molecular complexity index is 462. The number of rotatable bonds is 4. The van der Waals surface area contributed by atoms with E-state index in [-0.39, 0.29) is 0 Å². The molecule has 0 saturated carbocycles.